The van der Waals surface area contributed by atoms with Gasteiger partial charge in [0.1, 0.15) is 5.82 Å². The van der Waals surface area contributed by atoms with Gasteiger partial charge in [-0.05, 0) is 31.9 Å². The number of amides is 2. The Morgan fingerprint density at radius 3 is 2.38 bits per heavy atom. The largest absolute Gasteiger partial charge is 0.342 e. The molecule has 9 nitrogen and oxygen atoms in total. The van der Waals surface area contributed by atoms with Crippen molar-refractivity contribution >= 4 is 23.3 Å². The standard InChI is InChI=1S/C20H25N5O4/c1-13(2)20(27)23-10-8-15(9-11-23)19(26)21-18-12-14(3)22-24(18)16-4-6-17(7-5-16)25(28)29/h4-7,12-13,15H,8-11H2,1-3H3,(H,21,26). The molecular weight excluding hydrogens is 374 g/mol. The van der Waals surface area contributed by atoms with Crippen LogP contribution in [0.5, 0.6) is 0 Å². The lowest BCUT2D eigenvalue weighted by atomic mass is 9.95. The van der Waals surface area contributed by atoms with Crippen LogP contribution in [0.3, 0.4) is 0 Å². The maximum absolute atomic E-state index is 12.8. The zero-order valence-electron chi connectivity index (χ0n) is 16.8. The molecule has 1 saturated heterocycles. The Morgan fingerprint density at radius 1 is 1.21 bits per heavy atom. The molecule has 1 N–H and O–H groups in total. The van der Waals surface area contributed by atoms with E-state index in [0.717, 1.165) is 5.69 Å². The molecule has 1 aliphatic heterocycles. The summed E-state index contributed by atoms with van der Waals surface area (Å²) in [5.74, 6) is 0.314. The van der Waals surface area contributed by atoms with Gasteiger partial charge in [-0.2, -0.15) is 5.10 Å². The van der Waals surface area contributed by atoms with Gasteiger partial charge in [0.05, 0.1) is 16.3 Å². The van der Waals surface area contributed by atoms with E-state index in [4.69, 9.17) is 0 Å². The van der Waals surface area contributed by atoms with Crippen molar-refractivity contribution in [3.63, 3.8) is 0 Å². The van der Waals surface area contributed by atoms with Gasteiger partial charge in [-0.1, -0.05) is 13.8 Å². The maximum atomic E-state index is 12.8. The van der Waals surface area contributed by atoms with E-state index < -0.39 is 4.92 Å². The van der Waals surface area contributed by atoms with E-state index in [1.54, 1.807) is 22.9 Å². The minimum absolute atomic E-state index is 0.00841. The number of likely N-dealkylation sites (tertiary alicyclic amines) is 1. The lowest BCUT2D eigenvalue weighted by Gasteiger charge is -2.32. The van der Waals surface area contributed by atoms with Crippen LogP contribution < -0.4 is 5.32 Å². The molecular formula is C20H25N5O4. The topological polar surface area (TPSA) is 110 Å². The van der Waals surface area contributed by atoms with Gasteiger partial charge in [-0.25, -0.2) is 4.68 Å². The number of nitro groups is 1. The Balaban J connectivity index is 1.69. The molecule has 1 aromatic carbocycles. The number of nitro benzene ring substituents is 1. The molecule has 0 radical (unpaired) electrons. The fourth-order valence-corrected chi connectivity index (χ4v) is 3.46. The van der Waals surface area contributed by atoms with Gasteiger partial charge in [0.15, 0.2) is 0 Å². The number of hydrogen-bond acceptors (Lipinski definition) is 5. The van der Waals surface area contributed by atoms with E-state index in [9.17, 15) is 19.7 Å². The molecule has 1 fully saturated rings. The van der Waals surface area contributed by atoms with Crippen LogP contribution in [0.4, 0.5) is 11.5 Å². The highest BCUT2D eigenvalue weighted by Gasteiger charge is 2.28. The quantitative estimate of drug-likeness (QED) is 0.614. The van der Waals surface area contributed by atoms with Gasteiger partial charge in [0.2, 0.25) is 11.8 Å². The first kappa shape index (κ1) is 20.5. The summed E-state index contributed by atoms with van der Waals surface area (Å²) >= 11 is 0. The molecule has 0 unspecified atom stereocenters. The third-order valence-corrected chi connectivity index (χ3v) is 5.06. The van der Waals surface area contributed by atoms with Gasteiger partial charge in [0.25, 0.3) is 5.69 Å². The minimum Gasteiger partial charge on any atom is -0.342 e. The molecule has 1 aromatic heterocycles. The number of carbonyl (C=O) groups is 2. The molecule has 1 aliphatic rings. The van der Waals surface area contributed by atoms with Gasteiger partial charge in [-0.3, -0.25) is 19.7 Å². The Bertz CT molecular complexity index is 911. The number of hydrogen-bond donors (Lipinski definition) is 1. The number of piperidine rings is 1. The van der Waals surface area contributed by atoms with Crippen molar-refractivity contribution in [3.8, 4) is 5.69 Å². The van der Waals surface area contributed by atoms with Crippen LogP contribution in [0.25, 0.3) is 5.69 Å². The summed E-state index contributed by atoms with van der Waals surface area (Å²) in [6.07, 6.45) is 1.24. The molecule has 2 heterocycles. The van der Waals surface area contributed by atoms with Crippen molar-refractivity contribution in [1.29, 1.82) is 0 Å². The number of carbonyl (C=O) groups excluding carboxylic acids is 2. The average Bonchev–Trinajstić information content (AvgIpc) is 3.07. The molecule has 0 saturated carbocycles. The van der Waals surface area contributed by atoms with Crippen LogP contribution in [0.2, 0.25) is 0 Å². The summed E-state index contributed by atoms with van der Waals surface area (Å²) < 4.78 is 1.56. The third kappa shape index (κ3) is 4.61. The molecule has 9 heteroatoms. The molecule has 0 aliphatic carbocycles. The number of aryl methyl sites for hydroxylation is 1. The van der Waals surface area contributed by atoms with Crippen LogP contribution in [-0.4, -0.2) is 44.5 Å². The van der Waals surface area contributed by atoms with E-state index in [1.165, 1.54) is 12.1 Å². The maximum Gasteiger partial charge on any atom is 0.269 e. The monoisotopic (exact) mass is 399 g/mol. The van der Waals surface area contributed by atoms with E-state index in [2.05, 4.69) is 10.4 Å². The second kappa shape index (κ2) is 8.42. The second-order valence-corrected chi connectivity index (χ2v) is 7.60. The summed E-state index contributed by atoms with van der Waals surface area (Å²) in [5.41, 5.74) is 1.33. The fraction of sp³-hybridized carbons (Fsp3) is 0.450. The highest BCUT2D eigenvalue weighted by atomic mass is 16.6. The first-order chi connectivity index (χ1) is 13.8. The average molecular weight is 399 g/mol. The van der Waals surface area contributed by atoms with Crippen LogP contribution in [0, 0.1) is 28.9 Å². The number of nitrogens with one attached hydrogen (secondary N) is 1. The van der Waals surface area contributed by atoms with E-state index in [-0.39, 0.29) is 29.3 Å². The summed E-state index contributed by atoms with van der Waals surface area (Å²) in [4.78, 5) is 37.1. The van der Waals surface area contributed by atoms with Crippen molar-refractivity contribution in [1.82, 2.24) is 14.7 Å². The van der Waals surface area contributed by atoms with Gasteiger partial charge in [0, 0.05) is 43.1 Å². The second-order valence-electron chi connectivity index (χ2n) is 7.60. The fourth-order valence-electron chi connectivity index (χ4n) is 3.46. The van der Waals surface area contributed by atoms with Crippen molar-refractivity contribution in [2.75, 3.05) is 18.4 Å². The predicted molar refractivity (Wildman–Crippen MR) is 108 cm³/mol. The number of aromatic nitrogens is 2. The Labute approximate surface area is 168 Å². The molecule has 0 bridgehead atoms. The van der Waals surface area contributed by atoms with Crippen LogP contribution in [0.15, 0.2) is 30.3 Å². The highest BCUT2D eigenvalue weighted by molar-refractivity contribution is 5.92. The summed E-state index contributed by atoms with van der Waals surface area (Å²) in [6, 6.07) is 7.75. The Hall–Kier alpha value is -3.23. The van der Waals surface area contributed by atoms with Crippen LogP contribution >= 0.6 is 0 Å². The van der Waals surface area contributed by atoms with Crippen molar-refractivity contribution < 1.29 is 14.5 Å². The van der Waals surface area contributed by atoms with Gasteiger partial charge < -0.3 is 10.2 Å². The van der Waals surface area contributed by atoms with Crippen molar-refractivity contribution in [2.24, 2.45) is 11.8 Å². The van der Waals surface area contributed by atoms with Gasteiger partial charge >= 0.3 is 0 Å². The first-order valence-corrected chi connectivity index (χ1v) is 9.67. The molecule has 2 amide bonds. The Kier molecular flexibility index (Phi) is 5.95. The Morgan fingerprint density at radius 2 is 1.83 bits per heavy atom. The van der Waals surface area contributed by atoms with Crippen LogP contribution in [-0.2, 0) is 9.59 Å². The lowest BCUT2D eigenvalue weighted by molar-refractivity contribution is -0.384. The zero-order chi connectivity index (χ0) is 21.1. The number of nitrogens with zero attached hydrogens (tertiary/aromatic N) is 4. The minimum atomic E-state index is -0.461. The number of anilines is 1. The normalized spacial score (nSPS) is 14.8. The summed E-state index contributed by atoms with van der Waals surface area (Å²) in [6.45, 7) is 6.73. The summed E-state index contributed by atoms with van der Waals surface area (Å²) in [7, 11) is 0. The predicted octanol–water partition coefficient (Wildman–Crippen LogP) is 2.92. The number of rotatable bonds is 5. The molecule has 3 rings (SSSR count). The molecule has 154 valence electrons. The highest BCUT2D eigenvalue weighted by Crippen LogP contribution is 2.23. The molecule has 2 aromatic rings. The molecule has 0 atom stereocenters. The smallest absolute Gasteiger partial charge is 0.269 e. The van der Waals surface area contributed by atoms with Gasteiger partial charge in [-0.15, -0.1) is 0 Å². The van der Waals surface area contributed by atoms with Crippen molar-refractivity contribution in [3.05, 3.63) is 46.1 Å². The van der Waals surface area contributed by atoms with Crippen LogP contribution in [0.1, 0.15) is 32.4 Å². The zero-order valence-corrected chi connectivity index (χ0v) is 16.8. The van der Waals surface area contributed by atoms with E-state index >= 15 is 0 Å². The third-order valence-electron chi connectivity index (χ3n) is 5.06. The van der Waals surface area contributed by atoms with E-state index in [1.807, 2.05) is 25.7 Å². The van der Waals surface area contributed by atoms with E-state index in [0.29, 0.717) is 37.4 Å². The number of benzene rings is 1. The van der Waals surface area contributed by atoms with Crippen molar-refractivity contribution in [2.45, 2.75) is 33.6 Å². The molecule has 29 heavy (non-hydrogen) atoms. The molecule has 0 spiro atoms. The number of non-ortho nitro benzene ring substituents is 1. The first-order valence-electron chi connectivity index (χ1n) is 9.67. The summed E-state index contributed by atoms with van der Waals surface area (Å²) in [5, 5.41) is 18.2. The SMILES string of the molecule is Cc1cc(NC(=O)C2CCN(C(=O)C(C)C)CC2)n(-c2ccc([N+](=O)[O-])cc2)n1. The lowest BCUT2D eigenvalue weighted by Crippen LogP contribution is -2.43.